The fraction of sp³-hybridized carbons (Fsp3) is 0.467. The van der Waals surface area contributed by atoms with E-state index in [0.717, 1.165) is 22.1 Å². The summed E-state index contributed by atoms with van der Waals surface area (Å²) < 4.78 is 11.1. The highest BCUT2D eigenvalue weighted by Crippen LogP contribution is 2.39. The molecule has 2 atom stereocenters. The molecule has 2 unspecified atom stereocenters. The van der Waals surface area contributed by atoms with Crippen LogP contribution in [-0.2, 0) is 0 Å². The summed E-state index contributed by atoms with van der Waals surface area (Å²) in [6, 6.07) is 3.82. The summed E-state index contributed by atoms with van der Waals surface area (Å²) in [5.74, 6) is 8.16. The number of rotatable bonds is 2. The van der Waals surface area contributed by atoms with E-state index in [-0.39, 0.29) is 11.8 Å². The van der Waals surface area contributed by atoms with E-state index < -0.39 is 0 Å². The monoisotopic (exact) mass is 264 g/mol. The Labute approximate surface area is 113 Å². The van der Waals surface area contributed by atoms with E-state index in [9.17, 15) is 0 Å². The Morgan fingerprint density at radius 3 is 2.39 bits per heavy atom. The van der Waals surface area contributed by atoms with E-state index in [0.29, 0.717) is 13.2 Å². The Balaban J connectivity index is 2.35. The number of hydrogen-bond donors (Lipinski definition) is 0. The summed E-state index contributed by atoms with van der Waals surface area (Å²) in [5.41, 5.74) is 1.07. The zero-order chi connectivity index (χ0) is 13.1. The molecule has 2 nitrogen and oxygen atoms in total. The molecule has 1 aromatic rings. The molecular formula is C15H17ClO2. The molecule has 0 bridgehead atoms. The molecule has 1 aliphatic rings. The smallest absolute Gasteiger partial charge is 0.162 e. The Bertz CT molecular complexity index is 499. The lowest BCUT2D eigenvalue weighted by Crippen LogP contribution is -2.16. The molecule has 0 fully saturated rings. The van der Waals surface area contributed by atoms with Gasteiger partial charge in [-0.1, -0.05) is 31.4 Å². The van der Waals surface area contributed by atoms with Crippen molar-refractivity contribution >= 4 is 11.6 Å². The molecule has 1 aromatic carbocycles. The lowest BCUT2D eigenvalue weighted by molar-refractivity contribution is 0.171. The van der Waals surface area contributed by atoms with Crippen molar-refractivity contribution in [1.82, 2.24) is 0 Å². The molecule has 2 rings (SSSR count). The van der Waals surface area contributed by atoms with Crippen LogP contribution in [0.1, 0.15) is 32.3 Å². The predicted octanol–water partition coefficient (Wildman–Crippen LogP) is 3.87. The van der Waals surface area contributed by atoms with Gasteiger partial charge in [-0.15, -0.1) is 5.92 Å². The largest absolute Gasteiger partial charge is 0.486 e. The number of ether oxygens (including phenoxy) is 2. The highest BCUT2D eigenvalue weighted by atomic mass is 35.5. The molecule has 1 aliphatic heterocycles. The third-order valence-electron chi connectivity index (χ3n) is 3.27. The lowest BCUT2D eigenvalue weighted by Gasteiger charge is -2.23. The van der Waals surface area contributed by atoms with Crippen LogP contribution < -0.4 is 9.47 Å². The summed E-state index contributed by atoms with van der Waals surface area (Å²) in [7, 11) is 0. The number of fused-ring (bicyclic) bond motifs is 1. The van der Waals surface area contributed by atoms with Crippen LogP contribution in [0.2, 0.25) is 5.02 Å². The highest BCUT2D eigenvalue weighted by Gasteiger charge is 2.20. The van der Waals surface area contributed by atoms with Crippen LogP contribution >= 0.6 is 11.6 Å². The van der Waals surface area contributed by atoms with Gasteiger partial charge < -0.3 is 9.47 Å². The predicted molar refractivity (Wildman–Crippen MR) is 73.5 cm³/mol. The van der Waals surface area contributed by atoms with Gasteiger partial charge in [0.2, 0.25) is 0 Å². The minimum Gasteiger partial charge on any atom is -0.486 e. The number of hydrogen-bond acceptors (Lipinski definition) is 2. The van der Waals surface area contributed by atoms with Gasteiger partial charge >= 0.3 is 0 Å². The number of halogens is 1. The summed E-state index contributed by atoms with van der Waals surface area (Å²) in [5, 5.41) is 0.719. The molecule has 1 heterocycles. The van der Waals surface area contributed by atoms with Crippen molar-refractivity contribution < 1.29 is 9.47 Å². The molecule has 0 saturated heterocycles. The van der Waals surface area contributed by atoms with E-state index in [1.807, 2.05) is 19.1 Å². The molecule has 96 valence electrons. The van der Waals surface area contributed by atoms with Crippen LogP contribution in [-0.4, -0.2) is 13.2 Å². The minimum atomic E-state index is 0.259. The Kier molecular flexibility index (Phi) is 4.04. The van der Waals surface area contributed by atoms with Gasteiger partial charge in [-0.3, -0.25) is 0 Å². The molecule has 0 amide bonds. The maximum atomic E-state index is 6.32. The molecule has 3 heteroatoms. The van der Waals surface area contributed by atoms with Crippen LogP contribution in [0.5, 0.6) is 11.5 Å². The van der Waals surface area contributed by atoms with Gasteiger partial charge in [0, 0.05) is 17.0 Å². The Morgan fingerprint density at radius 2 is 1.78 bits per heavy atom. The van der Waals surface area contributed by atoms with Crippen molar-refractivity contribution in [3.8, 4) is 23.3 Å². The van der Waals surface area contributed by atoms with Crippen LogP contribution in [0, 0.1) is 17.8 Å². The van der Waals surface area contributed by atoms with Crippen molar-refractivity contribution in [2.75, 3.05) is 13.2 Å². The van der Waals surface area contributed by atoms with Crippen molar-refractivity contribution in [2.24, 2.45) is 5.92 Å². The van der Waals surface area contributed by atoms with Crippen LogP contribution in [0.25, 0.3) is 0 Å². The van der Waals surface area contributed by atoms with E-state index in [2.05, 4.69) is 25.7 Å². The van der Waals surface area contributed by atoms with Crippen LogP contribution in [0.4, 0.5) is 0 Å². The molecule has 0 N–H and O–H groups in total. The van der Waals surface area contributed by atoms with Crippen molar-refractivity contribution in [3.05, 3.63) is 22.7 Å². The summed E-state index contributed by atoms with van der Waals surface area (Å²) in [6.45, 7) is 7.26. The summed E-state index contributed by atoms with van der Waals surface area (Å²) in [6.07, 6.45) is 0. The normalized spacial score (nSPS) is 16.4. The first-order valence-corrected chi connectivity index (χ1v) is 6.52. The molecule has 0 aromatic heterocycles. The van der Waals surface area contributed by atoms with Crippen molar-refractivity contribution in [2.45, 2.75) is 26.7 Å². The van der Waals surface area contributed by atoms with Gasteiger partial charge in [-0.2, -0.15) is 0 Å². The van der Waals surface area contributed by atoms with Gasteiger partial charge in [-0.05, 0) is 24.5 Å². The fourth-order valence-electron chi connectivity index (χ4n) is 2.05. The average Bonchev–Trinajstić information content (AvgIpc) is 2.37. The van der Waals surface area contributed by atoms with Gasteiger partial charge in [0.15, 0.2) is 11.5 Å². The molecule has 0 spiro atoms. The molecule has 0 saturated carbocycles. The van der Waals surface area contributed by atoms with Gasteiger partial charge in [-0.25, -0.2) is 0 Å². The van der Waals surface area contributed by atoms with Gasteiger partial charge in [0.1, 0.15) is 13.2 Å². The third-order valence-corrected chi connectivity index (χ3v) is 3.60. The number of benzene rings is 1. The third kappa shape index (κ3) is 2.57. The first-order valence-electron chi connectivity index (χ1n) is 6.14. The van der Waals surface area contributed by atoms with E-state index in [1.165, 1.54) is 0 Å². The van der Waals surface area contributed by atoms with Gasteiger partial charge in [0.05, 0.1) is 0 Å². The fourth-order valence-corrected chi connectivity index (χ4v) is 2.38. The van der Waals surface area contributed by atoms with Crippen LogP contribution in [0.3, 0.4) is 0 Å². The summed E-state index contributed by atoms with van der Waals surface area (Å²) >= 11 is 6.32. The van der Waals surface area contributed by atoms with E-state index in [1.54, 1.807) is 0 Å². The average molecular weight is 265 g/mol. The Hall–Kier alpha value is -1.33. The molecule has 0 aliphatic carbocycles. The second kappa shape index (κ2) is 5.54. The van der Waals surface area contributed by atoms with Crippen molar-refractivity contribution in [3.63, 3.8) is 0 Å². The first kappa shape index (κ1) is 13.1. The first-order chi connectivity index (χ1) is 8.63. The molecule has 0 radical (unpaired) electrons. The minimum absolute atomic E-state index is 0.259. The Morgan fingerprint density at radius 1 is 1.17 bits per heavy atom. The maximum Gasteiger partial charge on any atom is 0.162 e. The second-order valence-corrected chi connectivity index (χ2v) is 4.90. The molecule has 18 heavy (non-hydrogen) atoms. The van der Waals surface area contributed by atoms with Gasteiger partial charge in [0.25, 0.3) is 0 Å². The second-order valence-electron chi connectivity index (χ2n) is 4.49. The van der Waals surface area contributed by atoms with Crippen LogP contribution in [0.15, 0.2) is 12.1 Å². The topological polar surface area (TPSA) is 18.5 Å². The SMILES string of the molecule is CC#CC(C)C(C)c1cc2c(cc1Cl)OCCO2. The standard InChI is InChI=1S/C15H17ClO2/c1-4-5-10(2)11(3)12-8-14-15(9-13(12)16)18-7-6-17-14/h8-11H,6-7H2,1-3H3. The quantitative estimate of drug-likeness (QED) is 0.755. The van der Waals surface area contributed by atoms with E-state index >= 15 is 0 Å². The zero-order valence-electron chi connectivity index (χ0n) is 10.9. The lowest BCUT2D eigenvalue weighted by atomic mass is 9.89. The maximum absolute atomic E-state index is 6.32. The van der Waals surface area contributed by atoms with E-state index in [4.69, 9.17) is 21.1 Å². The van der Waals surface area contributed by atoms with Crippen molar-refractivity contribution in [1.29, 1.82) is 0 Å². The zero-order valence-corrected chi connectivity index (χ0v) is 11.7. The molecular weight excluding hydrogens is 248 g/mol. The highest BCUT2D eigenvalue weighted by molar-refractivity contribution is 6.31. The summed E-state index contributed by atoms with van der Waals surface area (Å²) in [4.78, 5) is 0.